The van der Waals surface area contributed by atoms with Gasteiger partial charge in [-0.25, -0.2) is 0 Å². The highest BCUT2D eigenvalue weighted by Gasteiger charge is 2.08. The number of rotatable bonds is 3. The molecule has 0 aliphatic carbocycles. The first-order chi connectivity index (χ1) is 5.37. The number of carbonyl (C=O) groups is 1. The zero-order valence-electron chi connectivity index (χ0n) is 7.84. The molecule has 3 nitrogen and oxygen atoms in total. The molecule has 0 amide bonds. The lowest BCUT2D eigenvalue weighted by atomic mass is 10.1. The molecule has 0 aliphatic heterocycles. The highest BCUT2D eigenvalue weighted by Crippen LogP contribution is 1.97. The number of nitrogens with one attached hydrogen (secondary N) is 1. The summed E-state index contributed by atoms with van der Waals surface area (Å²) < 4.78 is 0. The maximum absolute atomic E-state index is 10.8. The lowest BCUT2D eigenvalue weighted by molar-refractivity contribution is -0.110. The molecular weight excluding hydrogens is 172 g/mol. The van der Waals surface area contributed by atoms with E-state index in [2.05, 4.69) is 22.7 Å². The minimum Gasteiger partial charge on any atom is -0.304 e. The molecular formula is C8H14N2OS. The zero-order valence-corrected chi connectivity index (χ0v) is 8.66. The highest BCUT2D eigenvalue weighted by molar-refractivity contribution is 7.80. The number of hydrogen-bond acceptors (Lipinski definition) is 4. The van der Waals surface area contributed by atoms with E-state index in [0.29, 0.717) is 5.71 Å². The number of carbonyl (C=O) groups excluding carboxylic acids is 1. The van der Waals surface area contributed by atoms with Crippen LogP contribution in [0.2, 0.25) is 0 Å². The van der Waals surface area contributed by atoms with Crippen molar-refractivity contribution in [2.24, 2.45) is 5.10 Å². The summed E-state index contributed by atoms with van der Waals surface area (Å²) in [5.41, 5.74) is 2.98. The van der Waals surface area contributed by atoms with Crippen LogP contribution >= 0.6 is 12.2 Å². The minimum atomic E-state index is -0.140. The van der Waals surface area contributed by atoms with Crippen LogP contribution in [-0.2, 0) is 4.79 Å². The van der Waals surface area contributed by atoms with E-state index < -0.39 is 0 Å². The fourth-order valence-corrected chi connectivity index (χ4v) is 0.635. The van der Waals surface area contributed by atoms with Crippen LogP contribution in [0, 0.1) is 0 Å². The Balaban J connectivity index is 4.32. The van der Waals surface area contributed by atoms with Crippen LogP contribution in [-0.4, -0.2) is 22.4 Å². The van der Waals surface area contributed by atoms with E-state index in [-0.39, 0.29) is 11.3 Å². The monoisotopic (exact) mass is 186 g/mol. The van der Waals surface area contributed by atoms with Crippen LogP contribution in [0.4, 0.5) is 0 Å². The lowest BCUT2D eigenvalue weighted by Crippen LogP contribution is -2.33. The number of Topliss-reactive ketones (excluding diaryl/α,β-unsaturated/α-hetero) is 1. The fraction of sp³-hybridized carbons (Fsp3) is 0.625. The third kappa shape index (κ3) is 4.96. The summed E-state index contributed by atoms with van der Waals surface area (Å²) in [6.45, 7) is 7.30. The Bertz CT molecular complexity index is 216. The van der Waals surface area contributed by atoms with Gasteiger partial charge in [0, 0.05) is 17.8 Å². The first-order valence-corrected chi connectivity index (χ1v) is 4.15. The second kappa shape index (κ2) is 4.30. The topological polar surface area (TPSA) is 41.5 Å². The molecule has 0 aliphatic rings. The smallest absolute Gasteiger partial charge is 0.180 e. The summed E-state index contributed by atoms with van der Waals surface area (Å²) in [6.07, 6.45) is 0. The zero-order chi connectivity index (χ0) is 9.78. The van der Waals surface area contributed by atoms with Crippen LogP contribution < -0.4 is 5.43 Å². The summed E-state index contributed by atoms with van der Waals surface area (Å²) >= 11 is 4.62. The maximum Gasteiger partial charge on any atom is 0.180 e. The Morgan fingerprint density at radius 2 is 2.00 bits per heavy atom. The predicted octanol–water partition coefficient (Wildman–Crippen LogP) is 1.32. The van der Waals surface area contributed by atoms with E-state index in [1.54, 1.807) is 0 Å². The van der Waals surface area contributed by atoms with E-state index in [9.17, 15) is 4.79 Å². The van der Waals surface area contributed by atoms with E-state index >= 15 is 0 Å². The predicted molar refractivity (Wildman–Crippen MR) is 54.7 cm³/mol. The minimum absolute atomic E-state index is 0.123. The van der Waals surface area contributed by atoms with Crippen LogP contribution in [0.5, 0.6) is 0 Å². The molecule has 0 aromatic carbocycles. The third-order valence-electron chi connectivity index (χ3n) is 0.984. The van der Waals surface area contributed by atoms with Crippen LogP contribution in [0.15, 0.2) is 5.10 Å². The van der Waals surface area contributed by atoms with Crippen molar-refractivity contribution in [1.29, 1.82) is 0 Å². The van der Waals surface area contributed by atoms with Crippen molar-refractivity contribution in [2.45, 2.75) is 33.2 Å². The van der Waals surface area contributed by atoms with Crippen LogP contribution in [0.3, 0.4) is 0 Å². The van der Waals surface area contributed by atoms with E-state index in [4.69, 9.17) is 0 Å². The molecule has 0 heterocycles. The van der Waals surface area contributed by atoms with Gasteiger partial charge in [-0.05, 0) is 20.8 Å². The molecule has 0 aromatic heterocycles. The molecule has 12 heavy (non-hydrogen) atoms. The average molecular weight is 186 g/mol. The van der Waals surface area contributed by atoms with Gasteiger partial charge in [0.25, 0.3) is 0 Å². The first-order valence-electron chi connectivity index (χ1n) is 3.68. The van der Waals surface area contributed by atoms with Crippen molar-refractivity contribution in [1.82, 2.24) is 5.43 Å². The van der Waals surface area contributed by atoms with Gasteiger partial charge in [-0.3, -0.25) is 4.79 Å². The standard InChI is InChI=1S/C8H14N2OS/c1-6(11)7(5-12)9-10-8(2,3)4/h5,10H,1-4H3/b9-7-. The molecule has 68 valence electrons. The highest BCUT2D eigenvalue weighted by atomic mass is 32.1. The Morgan fingerprint density at radius 1 is 1.50 bits per heavy atom. The number of hydrogen-bond donors (Lipinski definition) is 1. The normalized spacial score (nSPS) is 12.5. The lowest BCUT2D eigenvalue weighted by Gasteiger charge is -2.17. The van der Waals surface area contributed by atoms with Gasteiger partial charge in [-0.15, -0.1) is 0 Å². The molecule has 0 saturated heterocycles. The molecule has 0 atom stereocenters. The molecule has 0 spiro atoms. The summed E-state index contributed by atoms with van der Waals surface area (Å²) in [7, 11) is 0. The largest absolute Gasteiger partial charge is 0.304 e. The summed E-state index contributed by atoms with van der Waals surface area (Å²) in [4.78, 5) is 10.8. The Kier molecular flexibility index (Phi) is 4.03. The summed E-state index contributed by atoms with van der Waals surface area (Å²) in [6, 6.07) is 0. The Morgan fingerprint density at radius 3 is 2.25 bits per heavy atom. The van der Waals surface area contributed by atoms with Crippen molar-refractivity contribution in [2.75, 3.05) is 0 Å². The number of nitrogens with zero attached hydrogens (tertiary/aromatic N) is 1. The second-order valence-electron chi connectivity index (χ2n) is 3.53. The molecule has 0 aromatic rings. The van der Waals surface area contributed by atoms with Crippen molar-refractivity contribution < 1.29 is 4.79 Å². The van der Waals surface area contributed by atoms with Crippen LogP contribution in [0.25, 0.3) is 0 Å². The Hall–Kier alpha value is -0.770. The third-order valence-corrected chi connectivity index (χ3v) is 1.21. The van der Waals surface area contributed by atoms with Gasteiger partial charge in [-0.2, -0.15) is 5.10 Å². The first kappa shape index (κ1) is 11.2. The maximum atomic E-state index is 10.8. The Labute approximate surface area is 78.2 Å². The molecule has 1 N–H and O–H groups in total. The molecule has 0 rings (SSSR count). The number of ketones is 1. The molecule has 0 bridgehead atoms. The van der Waals surface area contributed by atoms with Crippen molar-refractivity contribution in [3.8, 4) is 0 Å². The number of thiocarbonyl (C=S) groups is 1. The summed E-state index contributed by atoms with van der Waals surface area (Å²) in [5, 5.41) is 5.15. The second-order valence-corrected chi connectivity index (χ2v) is 3.77. The quantitative estimate of drug-likeness (QED) is 0.410. The van der Waals surface area contributed by atoms with E-state index in [0.717, 1.165) is 0 Å². The van der Waals surface area contributed by atoms with Gasteiger partial charge in [0.15, 0.2) is 5.78 Å². The van der Waals surface area contributed by atoms with Gasteiger partial charge in [0.2, 0.25) is 0 Å². The van der Waals surface area contributed by atoms with Gasteiger partial charge in [0.1, 0.15) is 5.71 Å². The van der Waals surface area contributed by atoms with Gasteiger partial charge in [-0.1, -0.05) is 12.2 Å². The van der Waals surface area contributed by atoms with Crippen molar-refractivity contribution >= 4 is 29.1 Å². The molecule has 4 heteroatoms. The van der Waals surface area contributed by atoms with Crippen molar-refractivity contribution in [3.63, 3.8) is 0 Å². The van der Waals surface area contributed by atoms with Gasteiger partial charge >= 0.3 is 0 Å². The van der Waals surface area contributed by atoms with Gasteiger partial charge in [0.05, 0.1) is 0 Å². The van der Waals surface area contributed by atoms with E-state index in [1.165, 1.54) is 12.3 Å². The average Bonchev–Trinajstić information content (AvgIpc) is 1.85. The van der Waals surface area contributed by atoms with Gasteiger partial charge < -0.3 is 5.43 Å². The summed E-state index contributed by atoms with van der Waals surface area (Å²) in [5.74, 6) is -0.123. The molecule has 0 radical (unpaired) electrons. The van der Waals surface area contributed by atoms with E-state index in [1.807, 2.05) is 20.8 Å². The van der Waals surface area contributed by atoms with Crippen LogP contribution in [0.1, 0.15) is 27.7 Å². The fourth-order valence-electron chi connectivity index (χ4n) is 0.416. The molecule has 0 saturated carbocycles. The van der Waals surface area contributed by atoms with Crippen molar-refractivity contribution in [3.05, 3.63) is 0 Å². The molecule has 0 unspecified atom stereocenters. The SMILES string of the molecule is CC(=O)/C(C=S)=N\NC(C)(C)C. The number of hydrazone groups is 1. The molecule has 0 fully saturated rings.